The fourth-order valence-corrected chi connectivity index (χ4v) is 2.54. The van der Waals surface area contributed by atoms with Crippen molar-refractivity contribution in [1.29, 1.82) is 0 Å². The van der Waals surface area contributed by atoms with Crippen LogP contribution >= 0.6 is 27.5 Å². The van der Waals surface area contributed by atoms with Gasteiger partial charge in [-0.2, -0.15) is 13.2 Å². The van der Waals surface area contributed by atoms with Gasteiger partial charge in [-0.15, -0.1) is 0 Å². The minimum atomic E-state index is -4.33. The second-order valence-corrected chi connectivity index (χ2v) is 4.99. The van der Waals surface area contributed by atoms with E-state index in [1.807, 2.05) is 0 Å². The molecule has 0 radical (unpaired) electrons. The molecule has 0 aliphatic rings. The lowest BCUT2D eigenvalue weighted by molar-refractivity contribution is -0.137. The molecule has 2 aromatic rings. The van der Waals surface area contributed by atoms with E-state index in [-0.39, 0.29) is 0 Å². The van der Waals surface area contributed by atoms with Crippen LogP contribution in [0.25, 0.3) is 11.1 Å². The van der Waals surface area contributed by atoms with Crippen LogP contribution in [-0.4, -0.2) is 0 Å². The summed E-state index contributed by atoms with van der Waals surface area (Å²) < 4.78 is 38.0. The highest BCUT2D eigenvalue weighted by Gasteiger charge is 2.30. The van der Waals surface area contributed by atoms with Crippen molar-refractivity contribution in [3.8, 4) is 11.1 Å². The van der Waals surface area contributed by atoms with Crippen molar-refractivity contribution in [3.05, 3.63) is 58.6 Å². The van der Waals surface area contributed by atoms with E-state index < -0.39 is 11.7 Å². The molecule has 0 aromatic heterocycles. The molecular weight excluding hydrogens is 341 g/mol. The maximum atomic E-state index is 12.7. The van der Waals surface area contributed by atoms with E-state index in [0.29, 0.717) is 21.5 Å². The van der Waals surface area contributed by atoms with E-state index in [4.69, 9.17) is 11.6 Å². The Labute approximate surface area is 122 Å². The molecule has 0 amide bonds. The van der Waals surface area contributed by atoms with Crippen molar-refractivity contribution in [1.82, 2.24) is 0 Å². The summed E-state index contributed by atoms with van der Waals surface area (Å²) in [7, 11) is 0. The molecule has 0 heterocycles. The van der Waals surface area contributed by atoms with Crippen LogP contribution in [-0.2, 0) is 11.5 Å². The van der Waals surface area contributed by atoms with Crippen LogP contribution in [0.4, 0.5) is 13.2 Å². The molecular formula is C14H9BrClF3. The Morgan fingerprint density at radius 3 is 2.32 bits per heavy atom. The number of alkyl halides is 4. The van der Waals surface area contributed by atoms with Crippen molar-refractivity contribution in [2.45, 2.75) is 11.5 Å². The summed E-state index contributed by atoms with van der Waals surface area (Å²) in [6.07, 6.45) is -4.33. The topological polar surface area (TPSA) is 0 Å². The van der Waals surface area contributed by atoms with Gasteiger partial charge in [0, 0.05) is 10.4 Å². The molecule has 100 valence electrons. The molecule has 0 N–H and O–H groups in total. The van der Waals surface area contributed by atoms with E-state index in [9.17, 15) is 13.2 Å². The minimum absolute atomic E-state index is 0.522. The summed E-state index contributed by atoms with van der Waals surface area (Å²) >= 11 is 9.27. The lowest BCUT2D eigenvalue weighted by Gasteiger charge is -2.10. The molecule has 0 atom stereocenters. The summed E-state index contributed by atoms with van der Waals surface area (Å²) in [4.78, 5) is 0. The number of hydrogen-bond donors (Lipinski definition) is 0. The molecule has 0 fully saturated rings. The zero-order valence-corrected chi connectivity index (χ0v) is 12.0. The first-order valence-electron chi connectivity index (χ1n) is 5.44. The zero-order chi connectivity index (χ0) is 14.0. The number of rotatable bonds is 2. The van der Waals surface area contributed by atoms with E-state index in [1.54, 1.807) is 24.3 Å². The molecule has 2 aromatic carbocycles. The van der Waals surface area contributed by atoms with Gasteiger partial charge in [-0.05, 0) is 41.0 Å². The van der Waals surface area contributed by atoms with Gasteiger partial charge >= 0.3 is 6.18 Å². The number of hydrogen-bond acceptors (Lipinski definition) is 0. The Morgan fingerprint density at radius 2 is 1.68 bits per heavy atom. The molecule has 0 nitrogen and oxygen atoms in total. The predicted molar refractivity (Wildman–Crippen MR) is 74.5 cm³/mol. The summed E-state index contributed by atoms with van der Waals surface area (Å²) in [5, 5.41) is 1.14. The second-order valence-electron chi connectivity index (χ2n) is 4.02. The van der Waals surface area contributed by atoms with Gasteiger partial charge in [0.15, 0.2) is 0 Å². The van der Waals surface area contributed by atoms with Crippen LogP contribution in [0.1, 0.15) is 11.1 Å². The smallest absolute Gasteiger partial charge is 0.166 e. The lowest BCUT2D eigenvalue weighted by Crippen LogP contribution is -2.04. The van der Waals surface area contributed by atoms with Gasteiger partial charge in [-0.25, -0.2) is 0 Å². The Hall–Kier alpha value is -1.000. The maximum absolute atomic E-state index is 12.7. The van der Waals surface area contributed by atoms with Crippen LogP contribution in [0, 0.1) is 0 Å². The Bertz CT molecular complexity index is 593. The minimum Gasteiger partial charge on any atom is -0.166 e. The quantitative estimate of drug-likeness (QED) is 0.590. The fraction of sp³-hybridized carbons (Fsp3) is 0.143. The van der Waals surface area contributed by atoms with Crippen LogP contribution in [0.5, 0.6) is 0 Å². The largest absolute Gasteiger partial charge is 0.416 e. The summed E-state index contributed by atoms with van der Waals surface area (Å²) in [5.74, 6) is 0. The molecule has 0 aliphatic heterocycles. The van der Waals surface area contributed by atoms with E-state index in [0.717, 1.165) is 17.7 Å². The third-order valence-electron chi connectivity index (χ3n) is 2.71. The molecule has 0 saturated carbocycles. The SMILES string of the molecule is FC(F)(F)c1cccc(-c2ccc(Cl)c(CBr)c2)c1. The molecule has 19 heavy (non-hydrogen) atoms. The van der Waals surface area contributed by atoms with E-state index in [2.05, 4.69) is 15.9 Å². The van der Waals surface area contributed by atoms with Crippen LogP contribution < -0.4 is 0 Å². The van der Waals surface area contributed by atoms with Crippen molar-refractivity contribution < 1.29 is 13.2 Å². The number of benzene rings is 2. The van der Waals surface area contributed by atoms with E-state index >= 15 is 0 Å². The molecule has 0 bridgehead atoms. The molecule has 0 spiro atoms. The average Bonchev–Trinajstić information content (AvgIpc) is 2.38. The summed E-state index contributed by atoms with van der Waals surface area (Å²) in [6.45, 7) is 0. The highest BCUT2D eigenvalue weighted by molar-refractivity contribution is 9.08. The van der Waals surface area contributed by atoms with Crippen molar-refractivity contribution in [2.24, 2.45) is 0 Å². The van der Waals surface area contributed by atoms with Crippen molar-refractivity contribution >= 4 is 27.5 Å². The zero-order valence-electron chi connectivity index (χ0n) is 9.64. The van der Waals surface area contributed by atoms with Gasteiger partial charge in [0.2, 0.25) is 0 Å². The van der Waals surface area contributed by atoms with Gasteiger partial charge in [0.25, 0.3) is 0 Å². The fourth-order valence-electron chi connectivity index (χ4n) is 1.73. The Morgan fingerprint density at radius 1 is 1.00 bits per heavy atom. The molecule has 0 aliphatic carbocycles. The van der Waals surface area contributed by atoms with Crippen LogP contribution in [0.15, 0.2) is 42.5 Å². The van der Waals surface area contributed by atoms with Gasteiger partial charge < -0.3 is 0 Å². The first-order valence-corrected chi connectivity index (χ1v) is 6.94. The predicted octanol–water partition coefficient (Wildman–Crippen LogP) is 5.92. The van der Waals surface area contributed by atoms with Crippen LogP contribution in [0.3, 0.4) is 0 Å². The second kappa shape index (κ2) is 5.55. The van der Waals surface area contributed by atoms with Crippen molar-refractivity contribution in [3.63, 3.8) is 0 Å². The monoisotopic (exact) mass is 348 g/mol. The van der Waals surface area contributed by atoms with Gasteiger partial charge in [0.1, 0.15) is 0 Å². The van der Waals surface area contributed by atoms with Gasteiger partial charge in [-0.1, -0.05) is 45.7 Å². The maximum Gasteiger partial charge on any atom is 0.416 e. The van der Waals surface area contributed by atoms with Crippen molar-refractivity contribution in [2.75, 3.05) is 0 Å². The van der Waals surface area contributed by atoms with Gasteiger partial charge in [-0.3, -0.25) is 0 Å². The normalized spacial score (nSPS) is 11.6. The highest BCUT2D eigenvalue weighted by atomic mass is 79.9. The molecule has 2 rings (SSSR count). The third kappa shape index (κ3) is 3.31. The summed E-state index contributed by atoms with van der Waals surface area (Å²) in [5.41, 5.74) is 1.43. The highest BCUT2D eigenvalue weighted by Crippen LogP contribution is 2.33. The van der Waals surface area contributed by atoms with E-state index in [1.165, 1.54) is 6.07 Å². The van der Waals surface area contributed by atoms with Crippen LogP contribution in [0.2, 0.25) is 5.02 Å². The lowest BCUT2D eigenvalue weighted by atomic mass is 10.0. The Balaban J connectivity index is 2.47. The Kier molecular flexibility index (Phi) is 4.21. The first kappa shape index (κ1) is 14.4. The molecule has 0 unspecified atom stereocenters. The van der Waals surface area contributed by atoms with Gasteiger partial charge in [0.05, 0.1) is 5.56 Å². The first-order chi connectivity index (χ1) is 8.91. The third-order valence-corrected chi connectivity index (χ3v) is 3.69. The summed E-state index contributed by atoms with van der Waals surface area (Å²) in [6, 6.07) is 10.4. The average molecular weight is 350 g/mol. The molecule has 5 heteroatoms. The number of halogens is 5. The molecule has 0 saturated heterocycles. The standard InChI is InChI=1S/C14H9BrClF3/c15-8-11-6-10(4-5-13(11)16)9-2-1-3-12(7-9)14(17,18)19/h1-7H,8H2.